The predicted octanol–water partition coefficient (Wildman–Crippen LogP) is 1.31. The van der Waals surface area contributed by atoms with E-state index in [1.165, 1.54) is 18.6 Å². The van der Waals surface area contributed by atoms with Gasteiger partial charge in [0.15, 0.2) is 0 Å². The van der Waals surface area contributed by atoms with Gasteiger partial charge in [-0.1, -0.05) is 13.8 Å². The first-order valence-electron chi connectivity index (χ1n) is 6.65. The highest BCUT2D eigenvalue weighted by atomic mass is 35.5. The van der Waals surface area contributed by atoms with Crippen molar-refractivity contribution in [3.63, 3.8) is 0 Å². The van der Waals surface area contributed by atoms with Crippen molar-refractivity contribution >= 4 is 24.2 Å². The standard InChI is InChI=1S/C14H23N3O3.ClH/c1-9(2)14(4,8-15)17-12(18)10(3)16-13(19)11-5-6-20-7-11;/h5-7,9-10H,8,15H2,1-4H3,(H,16,19)(H,17,18);1H. The minimum Gasteiger partial charge on any atom is -0.472 e. The van der Waals surface area contributed by atoms with Gasteiger partial charge in [-0.25, -0.2) is 0 Å². The molecular formula is C14H24ClN3O3. The second-order valence-corrected chi connectivity index (χ2v) is 5.47. The molecule has 0 aliphatic carbocycles. The lowest BCUT2D eigenvalue weighted by Crippen LogP contribution is -2.59. The van der Waals surface area contributed by atoms with E-state index < -0.39 is 11.6 Å². The molecule has 2 unspecified atom stereocenters. The van der Waals surface area contributed by atoms with Gasteiger partial charge in [-0.2, -0.15) is 0 Å². The fourth-order valence-electron chi connectivity index (χ4n) is 1.56. The van der Waals surface area contributed by atoms with Crippen LogP contribution in [0, 0.1) is 5.92 Å². The number of halogens is 1. The van der Waals surface area contributed by atoms with Gasteiger partial charge < -0.3 is 20.8 Å². The fourth-order valence-corrected chi connectivity index (χ4v) is 1.56. The average molecular weight is 318 g/mol. The monoisotopic (exact) mass is 317 g/mol. The molecule has 1 aromatic rings. The number of nitrogens with one attached hydrogen (secondary N) is 2. The van der Waals surface area contributed by atoms with E-state index in [9.17, 15) is 9.59 Å². The van der Waals surface area contributed by atoms with Gasteiger partial charge in [0, 0.05) is 6.54 Å². The summed E-state index contributed by atoms with van der Waals surface area (Å²) in [5, 5.41) is 5.51. The van der Waals surface area contributed by atoms with Crippen molar-refractivity contribution in [2.45, 2.75) is 39.3 Å². The van der Waals surface area contributed by atoms with Gasteiger partial charge in [0.2, 0.25) is 5.91 Å². The number of furan rings is 1. The van der Waals surface area contributed by atoms with Gasteiger partial charge in [-0.15, -0.1) is 12.4 Å². The Kier molecular flexibility index (Phi) is 7.46. The van der Waals surface area contributed by atoms with Gasteiger partial charge in [0.05, 0.1) is 17.4 Å². The van der Waals surface area contributed by atoms with Gasteiger partial charge in [-0.3, -0.25) is 9.59 Å². The van der Waals surface area contributed by atoms with E-state index in [1.807, 2.05) is 20.8 Å². The normalized spacial score (nSPS) is 14.8. The van der Waals surface area contributed by atoms with Crippen molar-refractivity contribution in [2.75, 3.05) is 6.54 Å². The topological polar surface area (TPSA) is 97.4 Å². The molecule has 2 atom stereocenters. The van der Waals surface area contributed by atoms with E-state index in [2.05, 4.69) is 10.6 Å². The van der Waals surface area contributed by atoms with E-state index in [0.717, 1.165) is 0 Å². The highest BCUT2D eigenvalue weighted by Crippen LogP contribution is 2.14. The lowest BCUT2D eigenvalue weighted by molar-refractivity contribution is -0.124. The third-order valence-corrected chi connectivity index (χ3v) is 3.63. The summed E-state index contributed by atoms with van der Waals surface area (Å²) in [6.07, 6.45) is 2.74. The maximum atomic E-state index is 12.1. The number of amides is 2. The maximum absolute atomic E-state index is 12.1. The van der Waals surface area contributed by atoms with Crippen molar-refractivity contribution in [3.8, 4) is 0 Å². The Labute approximate surface area is 131 Å². The van der Waals surface area contributed by atoms with E-state index in [-0.39, 0.29) is 30.1 Å². The molecule has 0 saturated carbocycles. The van der Waals surface area contributed by atoms with Crippen molar-refractivity contribution < 1.29 is 14.0 Å². The third-order valence-electron chi connectivity index (χ3n) is 3.63. The summed E-state index contributed by atoms with van der Waals surface area (Å²) in [5.74, 6) is -0.419. The predicted molar refractivity (Wildman–Crippen MR) is 83.3 cm³/mol. The smallest absolute Gasteiger partial charge is 0.255 e. The van der Waals surface area contributed by atoms with Crippen LogP contribution in [-0.4, -0.2) is 29.9 Å². The van der Waals surface area contributed by atoms with Crippen LogP contribution in [0.3, 0.4) is 0 Å². The highest BCUT2D eigenvalue weighted by molar-refractivity contribution is 5.97. The van der Waals surface area contributed by atoms with Gasteiger partial charge in [0.25, 0.3) is 5.91 Å². The molecule has 21 heavy (non-hydrogen) atoms. The molecule has 0 bridgehead atoms. The van der Waals surface area contributed by atoms with Crippen LogP contribution in [0.5, 0.6) is 0 Å². The number of hydrogen-bond donors (Lipinski definition) is 3. The lowest BCUT2D eigenvalue weighted by atomic mass is 9.88. The Morgan fingerprint density at radius 2 is 2.00 bits per heavy atom. The number of carbonyl (C=O) groups excluding carboxylic acids is 2. The largest absolute Gasteiger partial charge is 0.472 e. The molecular weight excluding hydrogens is 294 g/mol. The van der Waals surface area contributed by atoms with E-state index in [4.69, 9.17) is 10.2 Å². The Bertz CT molecular complexity index is 462. The second-order valence-electron chi connectivity index (χ2n) is 5.47. The van der Waals surface area contributed by atoms with Crippen LogP contribution < -0.4 is 16.4 Å². The SMILES string of the molecule is CC(NC(=O)c1ccoc1)C(=O)NC(C)(CN)C(C)C.Cl. The quantitative estimate of drug-likeness (QED) is 0.737. The van der Waals surface area contributed by atoms with Gasteiger partial charge >= 0.3 is 0 Å². The molecule has 6 nitrogen and oxygen atoms in total. The highest BCUT2D eigenvalue weighted by Gasteiger charge is 2.30. The van der Waals surface area contributed by atoms with Gasteiger partial charge in [-0.05, 0) is 25.8 Å². The molecule has 1 aromatic heterocycles. The van der Waals surface area contributed by atoms with Crippen LogP contribution in [0.1, 0.15) is 38.1 Å². The summed E-state index contributed by atoms with van der Waals surface area (Å²) in [4.78, 5) is 23.9. The molecule has 0 fully saturated rings. The van der Waals surface area contributed by atoms with Crippen LogP contribution >= 0.6 is 12.4 Å². The number of nitrogens with two attached hydrogens (primary N) is 1. The molecule has 1 heterocycles. The molecule has 7 heteroatoms. The number of hydrogen-bond acceptors (Lipinski definition) is 4. The average Bonchev–Trinajstić information content (AvgIpc) is 2.91. The van der Waals surface area contributed by atoms with Crippen molar-refractivity contribution in [2.24, 2.45) is 11.7 Å². The van der Waals surface area contributed by atoms with Crippen molar-refractivity contribution in [3.05, 3.63) is 24.2 Å². The summed E-state index contributed by atoms with van der Waals surface area (Å²) in [7, 11) is 0. The summed E-state index contributed by atoms with van der Waals surface area (Å²) in [5.41, 5.74) is 5.61. The molecule has 0 radical (unpaired) electrons. The first-order chi connectivity index (χ1) is 9.30. The van der Waals surface area contributed by atoms with Crippen LogP contribution in [0.15, 0.2) is 23.0 Å². The first-order valence-corrected chi connectivity index (χ1v) is 6.65. The Hall–Kier alpha value is -1.53. The van der Waals surface area contributed by atoms with Crippen LogP contribution in [0.25, 0.3) is 0 Å². The molecule has 4 N–H and O–H groups in total. The number of rotatable bonds is 6. The molecule has 2 amide bonds. The molecule has 0 aliphatic rings. The third kappa shape index (κ3) is 5.06. The molecule has 0 aliphatic heterocycles. The minimum atomic E-state index is -0.651. The van der Waals surface area contributed by atoms with E-state index in [1.54, 1.807) is 6.92 Å². The van der Waals surface area contributed by atoms with Gasteiger partial charge in [0.1, 0.15) is 12.3 Å². The molecule has 0 saturated heterocycles. The zero-order valence-electron chi connectivity index (χ0n) is 12.8. The molecule has 120 valence electrons. The lowest BCUT2D eigenvalue weighted by Gasteiger charge is -2.34. The zero-order valence-corrected chi connectivity index (χ0v) is 13.6. The minimum absolute atomic E-state index is 0. The van der Waals surface area contributed by atoms with E-state index >= 15 is 0 Å². The van der Waals surface area contributed by atoms with Crippen LogP contribution in [0.4, 0.5) is 0 Å². The summed E-state index contributed by atoms with van der Waals surface area (Å²) in [6, 6.07) is 0.889. The van der Waals surface area contributed by atoms with Crippen LogP contribution in [0.2, 0.25) is 0 Å². The fraction of sp³-hybridized carbons (Fsp3) is 0.571. The number of carbonyl (C=O) groups is 2. The molecule has 1 rings (SSSR count). The summed E-state index contributed by atoms with van der Waals surface area (Å²) < 4.78 is 4.83. The molecule has 0 spiro atoms. The Morgan fingerprint density at radius 3 is 2.43 bits per heavy atom. The zero-order chi connectivity index (χ0) is 15.3. The second kappa shape index (κ2) is 8.05. The molecule has 0 aromatic carbocycles. The maximum Gasteiger partial charge on any atom is 0.255 e. The van der Waals surface area contributed by atoms with Crippen molar-refractivity contribution in [1.29, 1.82) is 0 Å². The summed E-state index contributed by atoms with van der Waals surface area (Å²) in [6.45, 7) is 7.83. The van der Waals surface area contributed by atoms with Crippen LogP contribution in [-0.2, 0) is 4.79 Å². The van der Waals surface area contributed by atoms with E-state index in [0.29, 0.717) is 12.1 Å². The van der Waals surface area contributed by atoms with Crippen molar-refractivity contribution in [1.82, 2.24) is 10.6 Å². The first kappa shape index (κ1) is 19.5. The Balaban J connectivity index is 0.00000400. The Morgan fingerprint density at radius 1 is 1.38 bits per heavy atom. The summed E-state index contributed by atoms with van der Waals surface area (Å²) >= 11 is 0.